The summed E-state index contributed by atoms with van der Waals surface area (Å²) in [6.45, 7) is 1.67. The molecule has 0 unspecified atom stereocenters. The van der Waals surface area contributed by atoms with Crippen molar-refractivity contribution in [1.29, 1.82) is 0 Å². The molecular formula is C9H9NO2S. The Bertz CT molecular complexity index is 366. The highest BCUT2D eigenvalue weighted by Gasteiger charge is 2.41. The first-order valence-electron chi connectivity index (χ1n) is 3.91. The fourth-order valence-electron chi connectivity index (χ4n) is 1.34. The van der Waals surface area contributed by atoms with Crippen molar-refractivity contribution in [2.24, 2.45) is 0 Å². The van der Waals surface area contributed by atoms with Crippen LogP contribution in [0.15, 0.2) is 29.2 Å². The zero-order valence-electron chi connectivity index (χ0n) is 7.07. The Labute approximate surface area is 80.3 Å². The van der Waals surface area contributed by atoms with Crippen LogP contribution in [0.2, 0.25) is 0 Å². The number of carboxylic acid groups (broad SMARTS) is 1. The van der Waals surface area contributed by atoms with Crippen LogP contribution in [0.1, 0.15) is 12.5 Å². The minimum absolute atomic E-state index is 0.840. The standard InChI is InChI=1S/C9H9NO2S/c1-9(8(11)12)6-4-2-3-5-7(6)13-10-9/h2-5,10H,1H3,(H,11,12)/t9-/m0/s1. The average molecular weight is 195 g/mol. The average Bonchev–Trinajstić information content (AvgIpc) is 2.47. The smallest absolute Gasteiger partial charge is 0.329 e. The monoisotopic (exact) mass is 195 g/mol. The number of rotatable bonds is 1. The molecule has 1 aromatic rings. The molecule has 0 radical (unpaired) electrons. The minimum atomic E-state index is -0.943. The normalized spacial score (nSPS) is 25.6. The Hall–Kier alpha value is -1.00. The van der Waals surface area contributed by atoms with Crippen molar-refractivity contribution < 1.29 is 9.90 Å². The Morgan fingerprint density at radius 2 is 2.23 bits per heavy atom. The molecule has 68 valence electrons. The van der Waals surface area contributed by atoms with Gasteiger partial charge in [0.25, 0.3) is 0 Å². The molecule has 0 amide bonds. The Balaban J connectivity index is 2.55. The molecule has 1 atom stereocenters. The molecule has 0 saturated carbocycles. The number of hydrogen-bond acceptors (Lipinski definition) is 3. The summed E-state index contributed by atoms with van der Waals surface area (Å²) in [5, 5.41) is 9.04. The van der Waals surface area contributed by atoms with Gasteiger partial charge in [-0.25, -0.2) is 9.52 Å². The third-order valence-corrected chi connectivity index (χ3v) is 3.30. The molecule has 1 heterocycles. The Morgan fingerprint density at radius 3 is 2.92 bits per heavy atom. The number of fused-ring (bicyclic) bond motifs is 1. The molecule has 3 nitrogen and oxygen atoms in total. The van der Waals surface area contributed by atoms with E-state index in [2.05, 4.69) is 4.72 Å². The van der Waals surface area contributed by atoms with Crippen LogP contribution in [0.5, 0.6) is 0 Å². The van der Waals surface area contributed by atoms with Crippen LogP contribution in [-0.4, -0.2) is 11.1 Å². The summed E-state index contributed by atoms with van der Waals surface area (Å²) >= 11 is 1.37. The first kappa shape index (κ1) is 8.59. The predicted octanol–water partition coefficient (Wildman–Crippen LogP) is 1.60. The van der Waals surface area contributed by atoms with Crippen LogP contribution in [0, 0.1) is 0 Å². The highest BCUT2D eigenvalue weighted by Crippen LogP contribution is 2.38. The van der Waals surface area contributed by atoms with Crippen LogP contribution >= 0.6 is 11.9 Å². The number of carbonyl (C=O) groups is 1. The number of benzene rings is 1. The van der Waals surface area contributed by atoms with E-state index in [1.165, 1.54) is 11.9 Å². The fourth-order valence-corrected chi connectivity index (χ4v) is 2.38. The van der Waals surface area contributed by atoms with Crippen LogP contribution in [0.4, 0.5) is 0 Å². The molecule has 2 rings (SSSR count). The van der Waals surface area contributed by atoms with Crippen molar-refractivity contribution in [1.82, 2.24) is 4.72 Å². The maximum atomic E-state index is 11.0. The molecule has 1 aliphatic rings. The van der Waals surface area contributed by atoms with Crippen molar-refractivity contribution in [2.75, 3.05) is 0 Å². The fraction of sp³-hybridized carbons (Fsp3) is 0.222. The molecule has 1 aliphatic heterocycles. The Morgan fingerprint density at radius 1 is 1.54 bits per heavy atom. The molecule has 0 aliphatic carbocycles. The summed E-state index contributed by atoms with van der Waals surface area (Å²) < 4.78 is 2.92. The van der Waals surface area contributed by atoms with Gasteiger partial charge in [0, 0.05) is 4.90 Å². The molecule has 0 aromatic heterocycles. The van der Waals surface area contributed by atoms with E-state index in [0.717, 1.165) is 10.5 Å². The van der Waals surface area contributed by atoms with Crippen LogP contribution in [-0.2, 0) is 10.3 Å². The van der Waals surface area contributed by atoms with Gasteiger partial charge in [0.1, 0.15) is 5.54 Å². The van der Waals surface area contributed by atoms with Crippen molar-refractivity contribution >= 4 is 17.9 Å². The van der Waals surface area contributed by atoms with Gasteiger partial charge in [0.2, 0.25) is 0 Å². The molecule has 4 heteroatoms. The second-order valence-electron chi connectivity index (χ2n) is 3.13. The van der Waals surface area contributed by atoms with Gasteiger partial charge in [-0.1, -0.05) is 18.2 Å². The molecule has 1 aromatic carbocycles. The van der Waals surface area contributed by atoms with Crippen molar-refractivity contribution in [3.8, 4) is 0 Å². The van der Waals surface area contributed by atoms with E-state index >= 15 is 0 Å². The first-order valence-corrected chi connectivity index (χ1v) is 4.73. The predicted molar refractivity (Wildman–Crippen MR) is 50.4 cm³/mol. The molecule has 0 saturated heterocycles. The van der Waals surface area contributed by atoms with Crippen molar-refractivity contribution in [3.63, 3.8) is 0 Å². The number of nitrogens with one attached hydrogen (secondary N) is 1. The second kappa shape index (κ2) is 2.75. The van der Waals surface area contributed by atoms with E-state index in [1.54, 1.807) is 6.92 Å². The number of carboxylic acids is 1. The van der Waals surface area contributed by atoms with Gasteiger partial charge in [-0.2, -0.15) is 0 Å². The number of aliphatic carboxylic acids is 1. The maximum absolute atomic E-state index is 11.0. The van der Waals surface area contributed by atoms with Gasteiger partial charge >= 0.3 is 5.97 Å². The van der Waals surface area contributed by atoms with E-state index in [9.17, 15) is 4.79 Å². The lowest BCUT2D eigenvalue weighted by atomic mass is 9.94. The second-order valence-corrected chi connectivity index (χ2v) is 3.98. The van der Waals surface area contributed by atoms with Crippen LogP contribution in [0.3, 0.4) is 0 Å². The minimum Gasteiger partial charge on any atom is -0.480 e. The van der Waals surface area contributed by atoms with E-state index in [0.29, 0.717) is 0 Å². The van der Waals surface area contributed by atoms with Gasteiger partial charge < -0.3 is 5.11 Å². The van der Waals surface area contributed by atoms with Gasteiger partial charge in [-0.3, -0.25) is 0 Å². The van der Waals surface area contributed by atoms with E-state index in [1.807, 2.05) is 24.3 Å². The highest BCUT2D eigenvalue weighted by molar-refractivity contribution is 7.97. The van der Waals surface area contributed by atoms with E-state index in [4.69, 9.17) is 5.11 Å². The van der Waals surface area contributed by atoms with Crippen molar-refractivity contribution in [2.45, 2.75) is 17.4 Å². The summed E-state index contributed by atoms with van der Waals surface area (Å²) in [5.74, 6) is -0.843. The third kappa shape index (κ3) is 1.14. The lowest BCUT2D eigenvalue weighted by molar-refractivity contribution is -0.143. The zero-order valence-corrected chi connectivity index (χ0v) is 7.89. The van der Waals surface area contributed by atoms with Gasteiger partial charge in [0.05, 0.1) is 0 Å². The third-order valence-electron chi connectivity index (χ3n) is 2.22. The SMILES string of the molecule is C[C@]1(C(=O)O)NSc2ccccc21. The zero-order chi connectivity index (χ0) is 9.47. The quantitative estimate of drug-likeness (QED) is 0.668. The molecule has 0 fully saturated rings. The van der Waals surface area contributed by atoms with Gasteiger partial charge in [-0.15, -0.1) is 0 Å². The topological polar surface area (TPSA) is 49.3 Å². The Kier molecular flexibility index (Phi) is 1.82. The van der Waals surface area contributed by atoms with Crippen LogP contribution in [0.25, 0.3) is 0 Å². The van der Waals surface area contributed by atoms with Gasteiger partial charge in [-0.05, 0) is 30.5 Å². The summed E-state index contributed by atoms with van der Waals surface area (Å²) in [6, 6.07) is 7.52. The lowest BCUT2D eigenvalue weighted by Crippen LogP contribution is -2.39. The highest BCUT2D eigenvalue weighted by atomic mass is 32.2. The molecular weight excluding hydrogens is 186 g/mol. The first-order chi connectivity index (χ1) is 6.14. The summed E-state index contributed by atoms with van der Waals surface area (Å²) in [5.41, 5.74) is -0.103. The summed E-state index contributed by atoms with van der Waals surface area (Å²) in [6.07, 6.45) is 0. The number of hydrogen-bond donors (Lipinski definition) is 2. The lowest BCUT2D eigenvalue weighted by Gasteiger charge is -2.18. The summed E-state index contributed by atoms with van der Waals surface area (Å²) in [7, 11) is 0. The van der Waals surface area contributed by atoms with Crippen molar-refractivity contribution in [3.05, 3.63) is 29.8 Å². The van der Waals surface area contributed by atoms with Gasteiger partial charge in [0.15, 0.2) is 0 Å². The molecule has 13 heavy (non-hydrogen) atoms. The molecule has 0 bridgehead atoms. The summed E-state index contributed by atoms with van der Waals surface area (Å²) in [4.78, 5) is 12.0. The largest absolute Gasteiger partial charge is 0.480 e. The molecule has 2 N–H and O–H groups in total. The van der Waals surface area contributed by atoms with E-state index in [-0.39, 0.29) is 0 Å². The van der Waals surface area contributed by atoms with Crippen LogP contribution < -0.4 is 4.72 Å². The maximum Gasteiger partial charge on any atom is 0.329 e. The van der Waals surface area contributed by atoms with E-state index < -0.39 is 11.5 Å². The molecule has 0 spiro atoms.